The standard InChI is InChI=1S/C2H6OS.3ClH/c1-4(2)3;;;/h1-2H3;3*1H. The highest BCUT2D eigenvalue weighted by atomic mass is 35.5. The average molecular weight is 188 g/mol. The van der Waals surface area contributed by atoms with E-state index in [1.54, 1.807) is 12.5 Å². The van der Waals surface area contributed by atoms with Crippen LogP contribution in [0.25, 0.3) is 0 Å². The Labute approximate surface area is 65.7 Å². The zero-order chi connectivity index (χ0) is 3.58. The highest BCUT2D eigenvalue weighted by molar-refractivity contribution is 7.89. The van der Waals surface area contributed by atoms with Gasteiger partial charge in [-0.2, -0.15) is 0 Å². The van der Waals surface area contributed by atoms with Crippen molar-refractivity contribution < 1.29 is 4.55 Å². The highest BCUT2D eigenvalue weighted by Gasteiger charge is 1.66. The van der Waals surface area contributed by atoms with Gasteiger partial charge in [0.15, 0.2) is 0 Å². The van der Waals surface area contributed by atoms with Gasteiger partial charge in [-0.3, -0.25) is 0 Å². The topological polar surface area (TPSA) is 23.1 Å². The van der Waals surface area contributed by atoms with Crippen LogP contribution < -0.4 is 0 Å². The zero-order valence-corrected chi connectivity index (χ0v) is 7.31. The summed E-state index contributed by atoms with van der Waals surface area (Å²) >= 11 is -0.611. The van der Waals surface area contributed by atoms with Crippen LogP contribution in [0.2, 0.25) is 0 Å². The molecule has 1 nitrogen and oxygen atoms in total. The molecule has 0 aliphatic rings. The van der Waals surface area contributed by atoms with E-state index in [0.29, 0.717) is 0 Å². The minimum atomic E-state index is -0.611. The molecule has 0 saturated heterocycles. The first-order valence-electron chi connectivity index (χ1n) is 0.983. The third-order valence-electron chi connectivity index (χ3n) is 0. The third kappa shape index (κ3) is 138. The van der Waals surface area contributed by atoms with Gasteiger partial charge in [-0.1, -0.05) is 11.2 Å². The monoisotopic (exact) mass is 186 g/mol. The van der Waals surface area contributed by atoms with E-state index in [-0.39, 0.29) is 37.2 Å². The number of rotatable bonds is 0. The van der Waals surface area contributed by atoms with Gasteiger partial charge in [0.05, 0.1) is 12.5 Å². The first-order chi connectivity index (χ1) is 1.73. The quantitative estimate of drug-likeness (QED) is 0.524. The Morgan fingerprint density at radius 3 is 1.00 bits per heavy atom. The van der Waals surface area contributed by atoms with Crippen molar-refractivity contribution in [3.8, 4) is 0 Å². The summed E-state index contributed by atoms with van der Waals surface area (Å²) in [7, 11) is 0. The molecule has 0 aliphatic heterocycles. The molecule has 0 amide bonds. The summed E-state index contributed by atoms with van der Waals surface area (Å²) in [6.07, 6.45) is 3.28. The average Bonchev–Trinajstić information content (AvgIpc) is 0.811. The van der Waals surface area contributed by atoms with Crippen LogP contribution >= 0.6 is 37.2 Å². The second-order valence-electron chi connectivity index (χ2n) is 0.742. The van der Waals surface area contributed by atoms with Crippen LogP contribution in [-0.4, -0.2) is 17.1 Å². The molecule has 50 valence electrons. The lowest BCUT2D eigenvalue weighted by atomic mass is 11.9. The van der Waals surface area contributed by atoms with Gasteiger partial charge < -0.3 is 4.55 Å². The van der Waals surface area contributed by atoms with E-state index in [0.717, 1.165) is 0 Å². The largest absolute Gasteiger partial charge is 0.617 e. The number of halogens is 3. The van der Waals surface area contributed by atoms with E-state index in [2.05, 4.69) is 0 Å². The second-order valence-corrected chi connectivity index (χ2v) is 2.22. The fraction of sp³-hybridized carbons (Fsp3) is 1.00. The SMILES string of the molecule is C[S+](C)[O-].Cl.Cl.Cl. The molecular weight excluding hydrogens is 178 g/mol. The van der Waals surface area contributed by atoms with Crippen molar-refractivity contribution in [1.29, 1.82) is 0 Å². The molecule has 0 aromatic carbocycles. The lowest BCUT2D eigenvalue weighted by Gasteiger charge is -1.87. The molecule has 0 bridgehead atoms. The molecular formula is C2H9Cl3OS. The predicted molar refractivity (Wildman–Crippen MR) is 41.7 cm³/mol. The van der Waals surface area contributed by atoms with Crippen LogP contribution in [0.1, 0.15) is 0 Å². The summed E-state index contributed by atoms with van der Waals surface area (Å²) in [5, 5.41) is 0. The van der Waals surface area contributed by atoms with Crippen molar-refractivity contribution in [2.75, 3.05) is 12.5 Å². The fourth-order valence-electron chi connectivity index (χ4n) is 0. The Kier molecular flexibility index (Phi) is 54.1. The smallest absolute Gasteiger partial charge is 0.0946 e. The Morgan fingerprint density at radius 1 is 1.00 bits per heavy atom. The molecule has 0 N–H and O–H groups in total. The Bertz CT molecular complexity index is 17.7. The number of hydrogen-bond acceptors (Lipinski definition) is 1. The minimum absolute atomic E-state index is 0. The van der Waals surface area contributed by atoms with Crippen molar-refractivity contribution in [3.63, 3.8) is 0 Å². The van der Waals surface area contributed by atoms with Gasteiger partial charge in [0, 0.05) is 0 Å². The summed E-state index contributed by atoms with van der Waals surface area (Å²) in [5.41, 5.74) is 0. The summed E-state index contributed by atoms with van der Waals surface area (Å²) in [6.45, 7) is 0. The maximum Gasteiger partial charge on any atom is 0.0946 e. The van der Waals surface area contributed by atoms with Gasteiger partial charge in [0.25, 0.3) is 0 Å². The van der Waals surface area contributed by atoms with Crippen LogP contribution in [0.15, 0.2) is 0 Å². The van der Waals surface area contributed by atoms with Crippen molar-refractivity contribution in [3.05, 3.63) is 0 Å². The first kappa shape index (κ1) is 24.1. The fourth-order valence-corrected chi connectivity index (χ4v) is 0. The first-order valence-corrected chi connectivity index (χ1v) is 2.95. The molecule has 0 radical (unpaired) electrons. The lowest BCUT2D eigenvalue weighted by molar-refractivity contribution is 0.606. The van der Waals surface area contributed by atoms with E-state index in [1.165, 1.54) is 0 Å². The molecule has 5 heteroatoms. The van der Waals surface area contributed by atoms with Gasteiger partial charge in [-0.05, 0) is 0 Å². The van der Waals surface area contributed by atoms with Crippen molar-refractivity contribution in [1.82, 2.24) is 0 Å². The van der Waals surface area contributed by atoms with Crippen molar-refractivity contribution in [2.45, 2.75) is 0 Å². The molecule has 0 rings (SSSR count). The van der Waals surface area contributed by atoms with Crippen LogP contribution in [0.5, 0.6) is 0 Å². The summed E-state index contributed by atoms with van der Waals surface area (Å²) in [5.74, 6) is 0. The molecule has 0 saturated carbocycles. The van der Waals surface area contributed by atoms with Crippen LogP contribution in [0, 0.1) is 0 Å². The van der Waals surface area contributed by atoms with Crippen molar-refractivity contribution in [2.24, 2.45) is 0 Å². The molecule has 7 heavy (non-hydrogen) atoms. The molecule has 0 aliphatic carbocycles. The summed E-state index contributed by atoms with van der Waals surface area (Å²) in [4.78, 5) is 0. The Morgan fingerprint density at radius 2 is 1.00 bits per heavy atom. The molecule has 0 aromatic rings. The maximum atomic E-state index is 9.56. The van der Waals surface area contributed by atoms with Gasteiger partial charge >= 0.3 is 0 Å². The van der Waals surface area contributed by atoms with Gasteiger partial charge in [-0.25, -0.2) is 0 Å². The predicted octanol–water partition coefficient (Wildman–Crippen LogP) is 1.26. The van der Waals surface area contributed by atoms with E-state index < -0.39 is 11.2 Å². The Balaban J connectivity index is -0.0000000150. The summed E-state index contributed by atoms with van der Waals surface area (Å²) in [6, 6.07) is 0. The highest BCUT2D eigenvalue weighted by Crippen LogP contribution is 1.61. The summed E-state index contributed by atoms with van der Waals surface area (Å²) < 4.78 is 9.56. The molecule has 0 aromatic heterocycles. The Hall–Kier alpha value is 1.18. The lowest BCUT2D eigenvalue weighted by Crippen LogP contribution is -1.86. The van der Waals surface area contributed by atoms with Gasteiger partial charge in [0.2, 0.25) is 0 Å². The van der Waals surface area contributed by atoms with Gasteiger partial charge in [0.1, 0.15) is 0 Å². The normalized spacial score (nSPS) is 5.14. The molecule has 0 fully saturated rings. The second kappa shape index (κ2) is 15.7. The van der Waals surface area contributed by atoms with E-state index in [1.807, 2.05) is 0 Å². The van der Waals surface area contributed by atoms with Crippen LogP contribution in [0.3, 0.4) is 0 Å². The maximum absolute atomic E-state index is 9.56. The molecule has 0 heterocycles. The minimum Gasteiger partial charge on any atom is -0.617 e. The van der Waals surface area contributed by atoms with E-state index in [4.69, 9.17) is 0 Å². The van der Waals surface area contributed by atoms with Crippen LogP contribution in [-0.2, 0) is 11.2 Å². The zero-order valence-electron chi connectivity index (χ0n) is 4.04. The van der Waals surface area contributed by atoms with Gasteiger partial charge in [-0.15, -0.1) is 37.2 Å². The van der Waals surface area contributed by atoms with Crippen molar-refractivity contribution >= 4 is 48.4 Å². The number of hydrogen-bond donors (Lipinski definition) is 0. The van der Waals surface area contributed by atoms with Crippen LogP contribution in [0.4, 0.5) is 0 Å². The third-order valence-corrected chi connectivity index (χ3v) is 0. The molecule has 0 unspecified atom stereocenters. The van der Waals surface area contributed by atoms with E-state index in [9.17, 15) is 4.55 Å². The molecule has 0 atom stereocenters. The van der Waals surface area contributed by atoms with E-state index >= 15 is 0 Å². The molecule has 0 spiro atoms.